The van der Waals surface area contributed by atoms with Gasteiger partial charge in [-0.15, -0.1) is 0 Å². The van der Waals surface area contributed by atoms with Gasteiger partial charge in [-0.05, 0) is 62.7 Å². The van der Waals surface area contributed by atoms with Crippen LogP contribution in [0.25, 0.3) is 0 Å². The van der Waals surface area contributed by atoms with Crippen LogP contribution in [0, 0.1) is 17.3 Å². The Bertz CT molecular complexity index is 211. The molecule has 108 valence electrons. The lowest BCUT2D eigenvalue weighted by Gasteiger charge is -2.42. The van der Waals surface area contributed by atoms with Gasteiger partial charge in [0.05, 0.1) is 0 Å². The van der Waals surface area contributed by atoms with Gasteiger partial charge >= 0.3 is 0 Å². The topological polar surface area (TPSA) is 15.3 Å². The molecule has 0 aromatic carbocycles. The van der Waals surface area contributed by atoms with Gasteiger partial charge in [-0.25, -0.2) is 0 Å². The van der Waals surface area contributed by atoms with Crippen molar-refractivity contribution in [2.24, 2.45) is 17.3 Å². The number of likely N-dealkylation sites (tertiary alicyclic amines) is 1. The Kier molecular flexibility index (Phi) is 6.65. The second kappa shape index (κ2) is 7.49. The van der Waals surface area contributed by atoms with Crippen LogP contribution in [0.3, 0.4) is 0 Å². The fourth-order valence-electron chi connectivity index (χ4n) is 3.06. The first-order chi connectivity index (χ1) is 8.60. The summed E-state index contributed by atoms with van der Waals surface area (Å²) in [7, 11) is 0. The SMILES string of the molecule is CC.CC(C)C1(C)CCN(C[C@@H]2CCNC2)CC1. The molecule has 0 aromatic rings. The van der Waals surface area contributed by atoms with E-state index in [0.29, 0.717) is 5.41 Å². The Labute approximate surface area is 115 Å². The van der Waals surface area contributed by atoms with Crippen molar-refractivity contribution in [1.29, 1.82) is 0 Å². The average molecular weight is 254 g/mol. The molecule has 0 saturated carbocycles. The van der Waals surface area contributed by atoms with E-state index < -0.39 is 0 Å². The molecule has 0 aliphatic carbocycles. The second-order valence-corrected chi connectivity index (χ2v) is 6.47. The number of hydrogen-bond acceptors (Lipinski definition) is 2. The fraction of sp³-hybridized carbons (Fsp3) is 1.00. The Balaban J connectivity index is 0.000000771. The molecule has 0 radical (unpaired) electrons. The first-order valence-electron chi connectivity index (χ1n) is 8.03. The fourth-order valence-corrected chi connectivity index (χ4v) is 3.06. The molecule has 2 saturated heterocycles. The Morgan fingerprint density at radius 3 is 2.28 bits per heavy atom. The van der Waals surface area contributed by atoms with Crippen LogP contribution >= 0.6 is 0 Å². The highest BCUT2D eigenvalue weighted by Crippen LogP contribution is 2.38. The normalized spacial score (nSPS) is 28.0. The van der Waals surface area contributed by atoms with E-state index in [1.807, 2.05) is 13.8 Å². The zero-order valence-electron chi connectivity index (χ0n) is 13.3. The van der Waals surface area contributed by atoms with Crippen LogP contribution in [0.15, 0.2) is 0 Å². The minimum atomic E-state index is 0.602. The summed E-state index contributed by atoms with van der Waals surface area (Å²) in [4.78, 5) is 2.70. The minimum absolute atomic E-state index is 0.602. The monoisotopic (exact) mass is 254 g/mol. The van der Waals surface area contributed by atoms with E-state index in [2.05, 4.69) is 31.0 Å². The highest BCUT2D eigenvalue weighted by Gasteiger charge is 2.33. The molecule has 2 fully saturated rings. The minimum Gasteiger partial charge on any atom is -0.316 e. The van der Waals surface area contributed by atoms with Crippen molar-refractivity contribution in [3.63, 3.8) is 0 Å². The lowest BCUT2D eigenvalue weighted by molar-refractivity contribution is 0.0706. The van der Waals surface area contributed by atoms with Crippen LogP contribution < -0.4 is 5.32 Å². The number of rotatable bonds is 3. The zero-order valence-corrected chi connectivity index (χ0v) is 13.3. The Hall–Kier alpha value is -0.0800. The predicted octanol–water partition coefficient (Wildman–Crippen LogP) is 3.38. The maximum absolute atomic E-state index is 3.47. The quantitative estimate of drug-likeness (QED) is 0.830. The van der Waals surface area contributed by atoms with E-state index >= 15 is 0 Å². The molecular weight excluding hydrogens is 220 g/mol. The second-order valence-electron chi connectivity index (χ2n) is 6.47. The van der Waals surface area contributed by atoms with E-state index in [1.54, 1.807) is 0 Å². The molecule has 1 N–H and O–H groups in total. The molecule has 0 spiro atoms. The van der Waals surface area contributed by atoms with Crippen LogP contribution in [0.4, 0.5) is 0 Å². The standard InChI is InChI=1S/C14H28N2.C2H6/c1-12(2)14(3)5-8-16(9-6-14)11-13-4-7-15-10-13;1-2/h12-13,15H,4-11H2,1-3H3;1-2H3/t13-;/m1./s1. The summed E-state index contributed by atoms with van der Waals surface area (Å²) >= 11 is 0. The summed E-state index contributed by atoms with van der Waals surface area (Å²) in [6.07, 6.45) is 4.17. The van der Waals surface area contributed by atoms with Crippen molar-refractivity contribution in [3.8, 4) is 0 Å². The molecule has 0 amide bonds. The Morgan fingerprint density at radius 2 is 1.83 bits per heavy atom. The van der Waals surface area contributed by atoms with E-state index in [4.69, 9.17) is 0 Å². The van der Waals surface area contributed by atoms with Crippen LogP contribution in [0.2, 0.25) is 0 Å². The lowest BCUT2D eigenvalue weighted by Crippen LogP contribution is -2.43. The number of piperidine rings is 1. The lowest BCUT2D eigenvalue weighted by atomic mass is 9.72. The van der Waals surface area contributed by atoms with Crippen molar-refractivity contribution >= 4 is 0 Å². The van der Waals surface area contributed by atoms with Crippen LogP contribution in [0.1, 0.15) is 53.9 Å². The van der Waals surface area contributed by atoms with Crippen molar-refractivity contribution in [3.05, 3.63) is 0 Å². The summed E-state index contributed by atoms with van der Waals surface area (Å²) in [6.45, 7) is 17.7. The van der Waals surface area contributed by atoms with Gasteiger partial charge in [0.25, 0.3) is 0 Å². The van der Waals surface area contributed by atoms with Gasteiger partial charge in [-0.2, -0.15) is 0 Å². The highest BCUT2D eigenvalue weighted by molar-refractivity contribution is 4.86. The summed E-state index contributed by atoms with van der Waals surface area (Å²) in [5.41, 5.74) is 0.602. The molecular formula is C16H34N2. The average Bonchev–Trinajstić information content (AvgIpc) is 2.87. The third kappa shape index (κ3) is 4.24. The van der Waals surface area contributed by atoms with E-state index in [9.17, 15) is 0 Å². The molecule has 0 aromatic heterocycles. The zero-order chi connectivity index (χ0) is 13.6. The van der Waals surface area contributed by atoms with Gasteiger partial charge in [0.1, 0.15) is 0 Å². The van der Waals surface area contributed by atoms with Gasteiger partial charge in [0, 0.05) is 6.54 Å². The third-order valence-electron chi connectivity index (χ3n) is 5.07. The van der Waals surface area contributed by atoms with Gasteiger partial charge in [0.15, 0.2) is 0 Å². The van der Waals surface area contributed by atoms with Crippen molar-refractivity contribution in [1.82, 2.24) is 10.2 Å². The highest BCUT2D eigenvalue weighted by atomic mass is 15.1. The Morgan fingerprint density at radius 1 is 1.22 bits per heavy atom. The van der Waals surface area contributed by atoms with Crippen molar-refractivity contribution < 1.29 is 0 Å². The molecule has 0 bridgehead atoms. The molecule has 2 heterocycles. The molecule has 2 nitrogen and oxygen atoms in total. The molecule has 2 aliphatic heterocycles. The summed E-state index contributed by atoms with van der Waals surface area (Å²) in [6, 6.07) is 0. The van der Waals surface area contributed by atoms with Gasteiger partial charge in [-0.1, -0.05) is 34.6 Å². The maximum atomic E-state index is 3.47. The van der Waals surface area contributed by atoms with Gasteiger partial charge < -0.3 is 10.2 Å². The molecule has 2 aliphatic rings. The first-order valence-corrected chi connectivity index (χ1v) is 8.03. The van der Waals surface area contributed by atoms with Crippen molar-refractivity contribution in [2.45, 2.75) is 53.9 Å². The van der Waals surface area contributed by atoms with Gasteiger partial charge in [-0.3, -0.25) is 0 Å². The molecule has 1 atom stereocenters. The molecule has 2 heteroatoms. The molecule has 0 unspecified atom stereocenters. The van der Waals surface area contributed by atoms with Crippen molar-refractivity contribution in [2.75, 3.05) is 32.7 Å². The maximum Gasteiger partial charge on any atom is 0.00223 e. The number of hydrogen-bond donors (Lipinski definition) is 1. The molecule has 2 rings (SSSR count). The predicted molar refractivity (Wildman–Crippen MR) is 80.9 cm³/mol. The summed E-state index contributed by atoms with van der Waals surface area (Å²) < 4.78 is 0. The van der Waals surface area contributed by atoms with Gasteiger partial charge in [0.2, 0.25) is 0 Å². The molecule has 18 heavy (non-hydrogen) atoms. The van der Waals surface area contributed by atoms with Crippen LogP contribution in [-0.2, 0) is 0 Å². The number of nitrogens with zero attached hydrogens (tertiary/aromatic N) is 1. The summed E-state index contributed by atoms with van der Waals surface area (Å²) in [5, 5.41) is 3.47. The van der Waals surface area contributed by atoms with E-state index in [0.717, 1.165) is 11.8 Å². The largest absolute Gasteiger partial charge is 0.316 e. The first kappa shape index (κ1) is 16.0. The van der Waals surface area contributed by atoms with Crippen LogP contribution in [-0.4, -0.2) is 37.6 Å². The summed E-state index contributed by atoms with van der Waals surface area (Å²) in [5.74, 6) is 1.76. The van der Waals surface area contributed by atoms with E-state index in [1.165, 1.54) is 52.0 Å². The smallest absolute Gasteiger partial charge is 0.00223 e. The number of nitrogens with one attached hydrogen (secondary N) is 1. The van der Waals surface area contributed by atoms with Crippen LogP contribution in [0.5, 0.6) is 0 Å². The van der Waals surface area contributed by atoms with E-state index in [-0.39, 0.29) is 0 Å². The third-order valence-corrected chi connectivity index (χ3v) is 5.07.